The molecule has 0 bridgehead atoms. The van der Waals surface area contributed by atoms with Crippen LogP contribution in [0.4, 0.5) is 0 Å². The Morgan fingerprint density at radius 3 is 2.34 bits per heavy atom. The highest BCUT2D eigenvalue weighted by Crippen LogP contribution is 2.28. The molecule has 2 aromatic heterocycles. The molecular weight excluding hydrogens is 792 g/mol. The van der Waals surface area contributed by atoms with Gasteiger partial charge in [0.15, 0.2) is 5.69 Å². The van der Waals surface area contributed by atoms with Crippen LogP contribution in [0, 0.1) is 14.2 Å². The molecule has 0 aliphatic rings. The van der Waals surface area contributed by atoms with E-state index < -0.39 is 41.7 Å². The molecule has 3 aromatic rings. The molecule has 11 nitrogen and oxygen atoms in total. The molecule has 1 amide bonds. The number of hydrogen-bond donors (Lipinski definition) is 0. The van der Waals surface area contributed by atoms with Crippen LogP contribution in [-0.4, -0.2) is 79.4 Å². The van der Waals surface area contributed by atoms with Crippen LogP contribution < -0.4 is 5.43 Å². The second-order valence-electron chi connectivity index (χ2n) is 11.0. The van der Waals surface area contributed by atoms with E-state index in [0.29, 0.717) is 12.2 Å². The molecule has 0 aliphatic carbocycles. The molecule has 0 spiro atoms. The summed E-state index contributed by atoms with van der Waals surface area (Å²) in [7, 11) is -3.74. The minimum Gasteiger partial charge on any atom is -0.360 e. The van der Waals surface area contributed by atoms with Crippen LogP contribution in [0.1, 0.15) is 27.7 Å². The van der Waals surface area contributed by atoms with Crippen LogP contribution in [0.2, 0.25) is 25.7 Å². The first-order chi connectivity index (χ1) is 19.1. The zero-order valence-corrected chi connectivity index (χ0v) is 30.0. The number of benzene rings is 1. The molecule has 224 valence electrons. The Balaban J connectivity index is 1.93. The Labute approximate surface area is 269 Å². The Hall–Kier alpha value is -1.67. The van der Waals surface area contributed by atoms with Crippen molar-refractivity contribution < 1.29 is 22.1 Å². The third-order valence-corrected chi connectivity index (χ3v) is 11.0. The zero-order chi connectivity index (χ0) is 30.5. The Kier molecular flexibility index (Phi) is 11.7. The van der Waals surface area contributed by atoms with Crippen molar-refractivity contribution in [2.75, 3.05) is 26.5 Å². The Bertz CT molecular complexity index is 1510. The van der Waals surface area contributed by atoms with Gasteiger partial charge in [-0.1, -0.05) is 50.0 Å². The summed E-state index contributed by atoms with van der Waals surface area (Å²) in [6, 6.07) is 9.48. The summed E-state index contributed by atoms with van der Waals surface area (Å²) in [6.07, 6.45) is 3.24. The van der Waals surface area contributed by atoms with Gasteiger partial charge in [0.2, 0.25) is 5.43 Å². The van der Waals surface area contributed by atoms with E-state index in [2.05, 4.69) is 75.0 Å². The fourth-order valence-corrected chi connectivity index (χ4v) is 6.19. The molecule has 3 rings (SSSR count). The van der Waals surface area contributed by atoms with E-state index in [-0.39, 0.29) is 19.0 Å². The molecule has 2 unspecified atom stereocenters. The summed E-state index contributed by atoms with van der Waals surface area (Å²) in [5.41, 5.74) is 0.302. The minimum atomic E-state index is -3.95. The largest absolute Gasteiger partial charge is 0.360 e. The third kappa shape index (κ3) is 9.94. The maximum atomic E-state index is 13.6. The Morgan fingerprint density at radius 1 is 1.12 bits per heavy atom. The molecule has 0 fully saturated rings. The Morgan fingerprint density at radius 2 is 1.78 bits per heavy atom. The summed E-state index contributed by atoms with van der Waals surface area (Å²) < 4.78 is 40.8. The van der Waals surface area contributed by atoms with Crippen molar-refractivity contribution in [2.45, 2.75) is 51.5 Å². The first kappa shape index (κ1) is 33.8. The number of likely N-dealkylation sites (N-methyl/N-ethyl adjacent to an activating group) is 1. The summed E-state index contributed by atoms with van der Waals surface area (Å²) in [5, 5.41) is 8.84. The minimum absolute atomic E-state index is 0.0993. The number of halogens is 2. The third-order valence-electron chi connectivity index (χ3n) is 6.09. The average Bonchev–Trinajstić information content (AvgIpc) is 3.19. The van der Waals surface area contributed by atoms with Crippen molar-refractivity contribution in [3.05, 3.63) is 77.0 Å². The van der Waals surface area contributed by atoms with Crippen LogP contribution in [-0.2, 0) is 25.8 Å². The highest BCUT2D eigenvalue weighted by molar-refractivity contribution is 14.1. The van der Waals surface area contributed by atoms with E-state index in [1.165, 1.54) is 16.6 Å². The predicted molar refractivity (Wildman–Crippen MR) is 176 cm³/mol. The topological polar surface area (TPSA) is 126 Å². The lowest BCUT2D eigenvalue weighted by molar-refractivity contribution is 0.0633. The number of carbonyl (C=O) groups excluding carboxylic acids is 1. The van der Waals surface area contributed by atoms with Crippen LogP contribution in [0.5, 0.6) is 0 Å². The predicted octanol–water partition coefficient (Wildman–Crippen LogP) is 3.98. The van der Waals surface area contributed by atoms with Gasteiger partial charge in [-0.05, 0) is 63.7 Å². The van der Waals surface area contributed by atoms with Gasteiger partial charge >= 0.3 is 0 Å². The van der Waals surface area contributed by atoms with Gasteiger partial charge in [-0.2, -0.15) is 18.6 Å². The monoisotopic (exact) mass is 827 g/mol. The lowest BCUT2D eigenvalue weighted by atomic mass is 10.0. The molecule has 1 aromatic carbocycles. The second-order valence-corrected chi connectivity index (χ2v) is 20.4. The summed E-state index contributed by atoms with van der Waals surface area (Å²) >= 11 is 4.25. The molecule has 0 N–H and O–H groups in total. The van der Waals surface area contributed by atoms with E-state index in [4.69, 9.17) is 8.92 Å². The number of rotatable bonds is 13. The number of nitrogens with zero attached hydrogens (tertiary/aromatic N) is 5. The van der Waals surface area contributed by atoms with Crippen molar-refractivity contribution >= 4 is 69.3 Å². The highest BCUT2D eigenvalue weighted by atomic mass is 127. The molecule has 2 heterocycles. The maximum Gasteiger partial charge on any atom is 0.278 e. The van der Waals surface area contributed by atoms with E-state index >= 15 is 0 Å². The number of aryl methyl sites for hydroxylation is 1. The highest BCUT2D eigenvalue weighted by Gasteiger charge is 2.33. The molecule has 15 heteroatoms. The van der Waals surface area contributed by atoms with Crippen molar-refractivity contribution in [1.82, 2.24) is 24.5 Å². The fourth-order valence-electron chi connectivity index (χ4n) is 4.03. The number of ether oxygens (including phenoxy) is 1. The quantitative estimate of drug-likeness (QED) is 0.110. The molecule has 2 atom stereocenters. The van der Waals surface area contributed by atoms with Gasteiger partial charge < -0.3 is 9.64 Å². The average molecular weight is 828 g/mol. The zero-order valence-electron chi connectivity index (χ0n) is 23.9. The molecule has 0 saturated carbocycles. The molecule has 0 aliphatic heterocycles. The van der Waals surface area contributed by atoms with Gasteiger partial charge in [-0.15, -0.1) is 0 Å². The summed E-state index contributed by atoms with van der Waals surface area (Å²) in [4.78, 5) is 27.8. The van der Waals surface area contributed by atoms with Crippen molar-refractivity contribution in [2.24, 2.45) is 0 Å². The number of amides is 1. The number of aromatic nitrogens is 4. The van der Waals surface area contributed by atoms with E-state index in [9.17, 15) is 18.0 Å². The van der Waals surface area contributed by atoms with E-state index in [1.54, 1.807) is 24.0 Å². The first-order valence-corrected chi connectivity index (χ1v) is 20.5. The number of carbonyl (C=O) groups is 1. The molecule has 41 heavy (non-hydrogen) atoms. The van der Waals surface area contributed by atoms with Gasteiger partial charge in [0.05, 0.1) is 16.4 Å². The van der Waals surface area contributed by atoms with E-state index in [1.807, 2.05) is 30.3 Å². The van der Waals surface area contributed by atoms with Gasteiger partial charge in [0.25, 0.3) is 16.0 Å². The van der Waals surface area contributed by atoms with Gasteiger partial charge in [0, 0.05) is 39.7 Å². The lowest BCUT2D eigenvalue weighted by Crippen LogP contribution is -2.43. The van der Waals surface area contributed by atoms with Crippen molar-refractivity contribution in [3.63, 3.8) is 0 Å². The van der Waals surface area contributed by atoms with Crippen LogP contribution in [0.3, 0.4) is 0 Å². The SMILES string of the molecule is Cc1cn(COCC[Si](C)(C)C)nc(C(=O)N(C)CC(OS(C)(=O)=O)C(c2ccccc2)n2cc(I)c(I)n2)c1=O. The first-order valence-electron chi connectivity index (χ1n) is 12.8. The smallest absolute Gasteiger partial charge is 0.278 e. The van der Waals surface area contributed by atoms with Gasteiger partial charge in [0.1, 0.15) is 22.6 Å². The number of hydrogen-bond acceptors (Lipinski definition) is 8. The van der Waals surface area contributed by atoms with Crippen LogP contribution in [0.15, 0.2) is 47.5 Å². The van der Waals surface area contributed by atoms with Gasteiger partial charge in [-0.25, -0.2) is 4.68 Å². The van der Waals surface area contributed by atoms with E-state index in [0.717, 1.165) is 25.1 Å². The summed E-state index contributed by atoms with van der Waals surface area (Å²) in [5.74, 6) is -0.659. The van der Waals surface area contributed by atoms with Crippen LogP contribution in [0.25, 0.3) is 0 Å². The van der Waals surface area contributed by atoms with Gasteiger partial charge in [-0.3, -0.25) is 18.5 Å². The van der Waals surface area contributed by atoms with Crippen LogP contribution >= 0.6 is 45.2 Å². The second kappa shape index (κ2) is 14.2. The summed E-state index contributed by atoms with van der Waals surface area (Å²) in [6.45, 7) is 8.86. The standard InChI is InChI=1S/C26H35I2N5O6SSi/c1-18-14-32(17-38-12-13-41(4,5)6)29-22(24(18)34)26(35)31(2)16-21(39-40(3,36)37)23(19-10-8-7-9-11-19)33-15-20(27)25(28)30-33/h7-11,14-15,21,23H,12-13,16-17H2,1-6H3. The molecule has 0 radical (unpaired) electrons. The van der Waals surface area contributed by atoms with Crippen molar-refractivity contribution in [3.8, 4) is 0 Å². The normalized spacial score (nSPS) is 13.7. The molecular formula is C26H35I2N5O6SSi. The molecule has 0 saturated heterocycles. The lowest BCUT2D eigenvalue weighted by Gasteiger charge is -2.30. The fraction of sp³-hybridized carbons (Fsp3) is 0.462. The maximum absolute atomic E-state index is 13.6. The van der Waals surface area contributed by atoms with Crippen molar-refractivity contribution in [1.29, 1.82) is 0 Å².